The molecule has 6 nitrogen and oxygen atoms in total. The number of nitrogens with one attached hydrogen (secondary N) is 1. The van der Waals surface area contributed by atoms with E-state index in [1.165, 1.54) is 13.4 Å². The molecule has 0 aliphatic heterocycles. The van der Waals surface area contributed by atoms with Gasteiger partial charge in [-0.25, -0.2) is 4.98 Å². The number of nitrogens with zero attached hydrogens (tertiary/aromatic N) is 2. The van der Waals surface area contributed by atoms with Crippen molar-refractivity contribution >= 4 is 5.82 Å². The number of rotatable bonds is 6. The Bertz CT molecular complexity index is 372. The van der Waals surface area contributed by atoms with Crippen LogP contribution in [0, 0.1) is 0 Å². The van der Waals surface area contributed by atoms with Crippen LogP contribution in [-0.4, -0.2) is 41.9 Å². The summed E-state index contributed by atoms with van der Waals surface area (Å²) in [7, 11) is 1.43. The molecule has 1 aromatic rings. The average molecular weight is 227 g/mol. The van der Waals surface area contributed by atoms with E-state index in [1.54, 1.807) is 0 Å². The van der Waals surface area contributed by atoms with E-state index in [1.807, 2.05) is 11.8 Å². The third-order valence-electron chi connectivity index (χ3n) is 2.16. The fourth-order valence-corrected chi connectivity index (χ4v) is 1.50. The van der Waals surface area contributed by atoms with Gasteiger partial charge in [0.1, 0.15) is 0 Å². The molecular weight excluding hydrogens is 210 g/mol. The standard InChI is InChI=1S/C10H17N3O3/c1-3-4-13(5-6-14)9-8(16-2)10(15)12-7-11-9/h7,14H,3-6H2,1-2H3,(H,11,12,15). The van der Waals surface area contributed by atoms with Crippen molar-refractivity contribution in [2.45, 2.75) is 13.3 Å². The monoisotopic (exact) mass is 227 g/mol. The van der Waals surface area contributed by atoms with E-state index in [2.05, 4.69) is 9.97 Å². The van der Waals surface area contributed by atoms with Crippen LogP contribution in [-0.2, 0) is 0 Å². The first kappa shape index (κ1) is 12.5. The van der Waals surface area contributed by atoms with Gasteiger partial charge in [0, 0.05) is 13.1 Å². The quantitative estimate of drug-likeness (QED) is 0.714. The van der Waals surface area contributed by atoms with Gasteiger partial charge in [0.15, 0.2) is 5.82 Å². The van der Waals surface area contributed by atoms with Crippen molar-refractivity contribution < 1.29 is 9.84 Å². The Balaban J connectivity index is 3.07. The molecule has 90 valence electrons. The van der Waals surface area contributed by atoms with Gasteiger partial charge in [0.05, 0.1) is 20.0 Å². The Labute approximate surface area is 93.9 Å². The van der Waals surface area contributed by atoms with E-state index in [9.17, 15) is 4.79 Å². The van der Waals surface area contributed by atoms with Crippen LogP contribution < -0.4 is 15.2 Å². The second-order valence-corrected chi connectivity index (χ2v) is 3.30. The third-order valence-corrected chi connectivity index (χ3v) is 2.16. The van der Waals surface area contributed by atoms with E-state index in [4.69, 9.17) is 9.84 Å². The summed E-state index contributed by atoms with van der Waals surface area (Å²) in [6.45, 7) is 3.18. The maximum absolute atomic E-state index is 11.5. The molecule has 1 heterocycles. The summed E-state index contributed by atoms with van der Waals surface area (Å²) < 4.78 is 5.02. The second kappa shape index (κ2) is 6.12. The Morgan fingerprint density at radius 1 is 1.56 bits per heavy atom. The first-order valence-electron chi connectivity index (χ1n) is 5.22. The van der Waals surface area contributed by atoms with E-state index >= 15 is 0 Å². The predicted octanol–water partition coefficient (Wildman–Crippen LogP) is -0.0128. The minimum absolute atomic E-state index is 0.0115. The Morgan fingerprint density at radius 2 is 2.31 bits per heavy atom. The topological polar surface area (TPSA) is 78.5 Å². The summed E-state index contributed by atoms with van der Waals surface area (Å²) in [5.74, 6) is 0.659. The molecule has 0 saturated carbocycles. The lowest BCUT2D eigenvalue weighted by Crippen LogP contribution is -2.30. The summed E-state index contributed by atoms with van der Waals surface area (Å²) in [5, 5.41) is 8.96. The molecule has 1 aromatic heterocycles. The van der Waals surface area contributed by atoms with Gasteiger partial charge in [-0.15, -0.1) is 0 Å². The summed E-state index contributed by atoms with van der Waals surface area (Å²) in [4.78, 5) is 19.8. The Hall–Kier alpha value is -1.56. The number of aliphatic hydroxyl groups is 1. The molecular formula is C10H17N3O3. The highest BCUT2D eigenvalue weighted by Gasteiger charge is 2.15. The van der Waals surface area contributed by atoms with Crippen LogP contribution >= 0.6 is 0 Å². The number of anilines is 1. The average Bonchev–Trinajstić information content (AvgIpc) is 2.28. The molecule has 0 aromatic carbocycles. The van der Waals surface area contributed by atoms with Gasteiger partial charge < -0.3 is 19.7 Å². The summed E-state index contributed by atoms with van der Waals surface area (Å²) >= 11 is 0. The number of aliphatic hydroxyl groups excluding tert-OH is 1. The summed E-state index contributed by atoms with van der Waals surface area (Å²) in [5.41, 5.74) is -0.313. The van der Waals surface area contributed by atoms with Gasteiger partial charge in [0.2, 0.25) is 5.75 Å². The van der Waals surface area contributed by atoms with E-state index in [-0.39, 0.29) is 17.9 Å². The number of aromatic nitrogens is 2. The second-order valence-electron chi connectivity index (χ2n) is 3.30. The zero-order chi connectivity index (χ0) is 12.0. The van der Waals surface area contributed by atoms with Crippen molar-refractivity contribution in [3.63, 3.8) is 0 Å². The number of aromatic amines is 1. The van der Waals surface area contributed by atoms with Crippen LogP contribution in [0.25, 0.3) is 0 Å². The van der Waals surface area contributed by atoms with Crippen LogP contribution in [0.1, 0.15) is 13.3 Å². The summed E-state index contributed by atoms with van der Waals surface area (Å²) in [6, 6.07) is 0. The summed E-state index contributed by atoms with van der Waals surface area (Å²) in [6.07, 6.45) is 2.23. The fourth-order valence-electron chi connectivity index (χ4n) is 1.50. The highest BCUT2D eigenvalue weighted by molar-refractivity contribution is 5.50. The lowest BCUT2D eigenvalue weighted by atomic mass is 10.3. The molecule has 2 N–H and O–H groups in total. The van der Waals surface area contributed by atoms with Crippen molar-refractivity contribution in [1.29, 1.82) is 0 Å². The number of H-pyrrole nitrogens is 1. The molecule has 6 heteroatoms. The smallest absolute Gasteiger partial charge is 0.295 e. The van der Waals surface area contributed by atoms with E-state index in [0.29, 0.717) is 18.9 Å². The van der Waals surface area contributed by atoms with Gasteiger partial charge in [-0.3, -0.25) is 4.79 Å². The number of hydrogen-bond acceptors (Lipinski definition) is 5. The van der Waals surface area contributed by atoms with Crippen molar-refractivity contribution in [1.82, 2.24) is 9.97 Å². The normalized spacial score (nSPS) is 10.2. The van der Waals surface area contributed by atoms with Crippen molar-refractivity contribution in [2.75, 3.05) is 31.7 Å². The molecule has 0 aliphatic carbocycles. The van der Waals surface area contributed by atoms with Crippen molar-refractivity contribution in [3.05, 3.63) is 16.7 Å². The molecule has 0 fully saturated rings. The molecule has 0 unspecified atom stereocenters. The number of methoxy groups -OCH3 is 1. The first-order chi connectivity index (χ1) is 7.74. The molecule has 1 rings (SSSR count). The molecule has 0 aliphatic rings. The largest absolute Gasteiger partial charge is 0.489 e. The van der Waals surface area contributed by atoms with E-state index < -0.39 is 0 Å². The van der Waals surface area contributed by atoms with E-state index in [0.717, 1.165) is 6.42 Å². The maximum Gasteiger partial charge on any atom is 0.295 e. The lowest BCUT2D eigenvalue weighted by Gasteiger charge is -2.22. The number of hydrogen-bond donors (Lipinski definition) is 2. The van der Waals surface area contributed by atoms with Crippen LogP contribution in [0.4, 0.5) is 5.82 Å². The minimum Gasteiger partial charge on any atom is -0.489 e. The first-order valence-corrected chi connectivity index (χ1v) is 5.22. The fraction of sp³-hybridized carbons (Fsp3) is 0.600. The van der Waals surface area contributed by atoms with Gasteiger partial charge >= 0.3 is 0 Å². The Kier molecular flexibility index (Phi) is 4.78. The molecule has 0 atom stereocenters. The third kappa shape index (κ3) is 2.73. The molecule has 0 radical (unpaired) electrons. The zero-order valence-electron chi connectivity index (χ0n) is 9.56. The van der Waals surface area contributed by atoms with Gasteiger partial charge in [-0.1, -0.05) is 6.92 Å². The molecule has 16 heavy (non-hydrogen) atoms. The maximum atomic E-state index is 11.5. The number of ether oxygens (including phenoxy) is 1. The van der Waals surface area contributed by atoms with Crippen LogP contribution in [0.5, 0.6) is 5.75 Å². The van der Waals surface area contributed by atoms with Gasteiger partial charge in [-0.05, 0) is 6.42 Å². The van der Waals surface area contributed by atoms with Crippen LogP contribution in [0.3, 0.4) is 0 Å². The zero-order valence-corrected chi connectivity index (χ0v) is 9.56. The molecule has 0 saturated heterocycles. The highest BCUT2D eigenvalue weighted by Crippen LogP contribution is 2.19. The molecule has 0 amide bonds. The van der Waals surface area contributed by atoms with Crippen LogP contribution in [0.2, 0.25) is 0 Å². The van der Waals surface area contributed by atoms with Crippen molar-refractivity contribution in [3.8, 4) is 5.75 Å². The highest BCUT2D eigenvalue weighted by atomic mass is 16.5. The van der Waals surface area contributed by atoms with Gasteiger partial charge in [0.25, 0.3) is 5.56 Å². The Morgan fingerprint density at radius 3 is 2.88 bits per heavy atom. The molecule has 0 spiro atoms. The lowest BCUT2D eigenvalue weighted by molar-refractivity contribution is 0.300. The predicted molar refractivity (Wildman–Crippen MR) is 61.0 cm³/mol. The van der Waals surface area contributed by atoms with Crippen molar-refractivity contribution in [2.24, 2.45) is 0 Å². The molecule has 0 bridgehead atoms. The van der Waals surface area contributed by atoms with Gasteiger partial charge in [-0.2, -0.15) is 0 Å². The van der Waals surface area contributed by atoms with Crippen LogP contribution in [0.15, 0.2) is 11.1 Å². The SMILES string of the molecule is CCCN(CCO)c1nc[nH]c(=O)c1OC. The minimum atomic E-state index is -0.313.